The molecule has 0 bridgehead atoms. The number of benzene rings is 1. The summed E-state index contributed by atoms with van der Waals surface area (Å²) in [5.41, 5.74) is 1.59. The zero-order chi connectivity index (χ0) is 22.4. The third kappa shape index (κ3) is 5.73. The van der Waals surface area contributed by atoms with Crippen molar-refractivity contribution >= 4 is 29.2 Å². The van der Waals surface area contributed by atoms with Crippen molar-refractivity contribution in [3.05, 3.63) is 41.4 Å². The zero-order valence-corrected chi connectivity index (χ0v) is 19.2. The number of hydrogen-bond acceptors (Lipinski definition) is 5. The van der Waals surface area contributed by atoms with Crippen LogP contribution in [-0.4, -0.2) is 70.6 Å². The Labute approximate surface area is 189 Å². The highest BCUT2D eigenvalue weighted by molar-refractivity contribution is 6.33. The first-order valence-corrected chi connectivity index (χ1v) is 11.2. The van der Waals surface area contributed by atoms with Crippen LogP contribution in [0, 0.1) is 0 Å². The number of amides is 2. The molecule has 1 unspecified atom stereocenters. The Balaban J connectivity index is 1.62. The Hall–Kier alpha value is -2.67. The smallest absolute Gasteiger partial charge is 0.242 e. The Morgan fingerprint density at radius 1 is 1.10 bits per heavy atom. The summed E-state index contributed by atoms with van der Waals surface area (Å²) >= 11 is 6.26. The summed E-state index contributed by atoms with van der Waals surface area (Å²) in [6.07, 6.45) is 1.66. The largest absolute Gasteiger partial charge is 0.353 e. The van der Waals surface area contributed by atoms with Crippen LogP contribution in [0.1, 0.15) is 33.6 Å². The number of nitrogens with zero attached hydrogens (tertiary/aromatic N) is 5. The normalized spacial score (nSPS) is 15.4. The van der Waals surface area contributed by atoms with Crippen LogP contribution in [-0.2, 0) is 9.59 Å². The van der Waals surface area contributed by atoms with Crippen molar-refractivity contribution in [3.63, 3.8) is 0 Å². The molecule has 3 rings (SSSR count). The lowest BCUT2D eigenvalue weighted by atomic mass is 10.1. The standard InChI is InChI=1S/C23H30ClN5O2/c1-4-17(2)29(18(3)30)16-23(31)28-13-7-12-27(14-15-28)22-11-10-21(25-26-22)19-8-5-6-9-20(19)24/h5-6,8-11,17H,4,7,12-16H2,1-3H3. The Morgan fingerprint density at radius 2 is 1.87 bits per heavy atom. The molecule has 0 aliphatic carbocycles. The highest BCUT2D eigenvalue weighted by Gasteiger charge is 2.24. The van der Waals surface area contributed by atoms with E-state index in [0.717, 1.165) is 36.5 Å². The molecule has 0 radical (unpaired) electrons. The number of rotatable bonds is 6. The van der Waals surface area contributed by atoms with Gasteiger partial charge in [0.15, 0.2) is 5.82 Å². The van der Waals surface area contributed by atoms with Crippen molar-refractivity contribution in [2.24, 2.45) is 0 Å². The molecule has 1 aromatic heterocycles. The van der Waals surface area contributed by atoms with Crippen molar-refractivity contribution in [2.75, 3.05) is 37.6 Å². The molecule has 2 amide bonds. The first kappa shape index (κ1) is 23.0. The first-order chi connectivity index (χ1) is 14.9. The second-order valence-electron chi connectivity index (χ2n) is 7.88. The molecule has 1 fully saturated rings. The summed E-state index contributed by atoms with van der Waals surface area (Å²) in [6, 6.07) is 11.5. The van der Waals surface area contributed by atoms with Crippen molar-refractivity contribution in [3.8, 4) is 11.3 Å². The summed E-state index contributed by atoms with van der Waals surface area (Å²) in [4.78, 5) is 30.4. The van der Waals surface area contributed by atoms with E-state index in [2.05, 4.69) is 15.1 Å². The van der Waals surface area contributed by atoms with Crippen LogP contribution in [0.2, 0.25) is 5.02 Å². The number of carbonyl (C=O) groups excluding carboxylic acids is 2. The van der Waals surface area contributed by atoms with Gasteiger partial charge in [-0.3, -0.25) is 9.59 Å². The highest BCUT2D eigenvalue weighted by Crippen LogP contribution is 2.26. The van der Waals surface area contributed by atoms with E-state index in [0.29, 0.717) is 24.7 Å². The van der Waals surface area contributed by atoms with Gasteiger partial charge < -0.3 is 14.7 Å². The van der Waals surface area contributed by atoms with Gasteiger partial charge in [0.1, 0.15) is 0 Å². The van der Waals surface area contributed by atoms with Crippen LogP contribution in [0.5, 0.6) is 0 Å². The van der Waals surface area contributed by atoms with Crippen molar-refractivity contribution in [2.45, 2.75) is 39.7 Å². The second kappa shape index (κ2) is 10.6. The molecule has 2 heterocycles. The van der Waals surface area contributed by atoms with E-state index in [1.807, 2.05) is 55.1 Å². The van der Waals surface area contributed by atoms with Gasteiger partial charge in [-0.1, -0.05) is 36.7 Å². The summed E-state index contributed by atoms with van der Waals surface area (Å²) < 4.78 is 0. The van der Waals surface area contributed by atoms with E-state index >= 15 is 0 Å². The number of hydrogen-bond donors (Lipinski definition) is 0. The average Bonchev–Trinajstić information content (AvgIpc) is 3.03. The van der Waals surface area contributed by atoms with Crippen LogP contribution in [0.25, 0.3) is 11.3 Å². The molecule has 31 heavy (non-hydrogen) atoms. The fourth-order valence-corrected chi connectivity index (χ4v) is 3.98. The van der Waals surface area contributed by atoms with Gasteiger partial charge in [0, 0.05) is 44.7 Å². The molecule has 166 valence electrons. The summed E-state index contributed by atoms with van der Waals surface area (Å²) in [5.74, 6) is 0.723. The fraction of sp³-hybridized carbons (Fsp3) is 0.478. The maximum atomic E-state index is 12.8. The minimum Gasteiger partial charge on any atom is -0.353 e. The van der Waals surface area contributed by atoms with Gasteiger partial charge in [0.25, 0.3) is 0 Å². The SMILES string of the molecule is CCC(C)N(CC(=O)N1CCCN(c2ccc(-c3ccccc3Cl)nn2)CC1)C(C)=O. The molecule has 0 N–H and O–H groups in total. The van der Waals surface area contributed by atoms with Crippen LogP contribution in [0.3, 0.4) is 0 Å². The lowest BCUT2D eigenvalue weighted by molar-refractivity contribution is -0.141. The van der Waals surface area contributed by atoms with Crippen LogP contribution in [0.4, 0.5) is 5.82 Å². The van der Waals surface area contributed by atoms with Crippen molar-refractivity contribution < 1.29 is 9.59 Å². The Bertz CT molecular complexity index is 905. The first-order valence-electron chi connectivity index (χ1n) is 10.8. The predicted octanol–water partition coefficient (Wildman–Crippen LogP) is 3.48. The maximum absolute atomic E-state index is 12.8. The van der Waals surface area contributed by atoms with E-state index in [9.17, 15) is 9.59 Å². The van der Waals surface area contributed by atoms with Crippen molar-refractivity contribution in [1.82, 2.24) is 20.0 Å². The number of anilines is 1. The molecular formula is C23H30ClN5O2. The van der Waals surface area contributed by atoms with E-state index in [1.165, 1.54) is 6.92 Å². The molecule has 2 aromatic rings. The zero-order valence-electron chi connectivity index (χ0n) is 18.4. The van der Waals surface area contributed by atoms with Gasteiger partial charge in [-0.05, 0) is 38.0 Å². The fourth-order valence-electron chi connectivity index (χ4n) is 3.75. The third-order valence-corrected chi connectivity index (χ3v) is 6.14. The lowest BCUT2D eigenvalue weighted by Crippen LogP contribution is -2.46. The van der Waals surface area contributed by atoms with Gasteiger partial charge in [0.05, 0.1) is 17.3 Å². The van der Waals surface area contributed by atoms with Crippen molar-refractivity contribution in [1.29, 1.82) is 0 Å². The minimum absolute atomic E-state index is 0.00231. The second-order valence-corrected chi connectivity index (χ2v) is 8.29. The van der Waals surface area contributed by atoms with Crippen LogP contribution < -0.4 is 4.90 Å². The van der Waals surface area contributed by atoms with E-state index < -0.39 is 0 Å². The maximum Gasteiger partial charge on any atom is 0.242 e. The number of carbonyl (C=O) groups is 2. The Kier molecular flexibility index (Phi) is 7.85. The van der Waals surface area contributed by atoms with E-state index in [-0.39, 0.29) is 24.4 Å². The van der Waals surface area contributed by atoms with Gasteiger partial charge >= 0.3 is 0 Å². The molecular weight excluding hydrogens is 414 g/mol. The van der Waals surface area contributed by atoms with Gasteiger partial charge in [-0.15, -0.1) is 10.2 Å². The highest BCUT2D eigenvalue weighted by atomic mass is 35.5. The van der Waals surface area contributed by atoms with Gasteiger partial charge in [0.2, 0.25) is 11.8 Å². The molecule has 0 saturated carbocycles. The molecule has 1 aromatic carbocycles. The summed E-state index contributed by atoms with van der Waals surface area (Å²) in [5, 5.41) is 9.40. The van der Waals surface area contributed by atoms with Crippen LogP contribution in [0.15, 0.2) is 36.4 Å². The van der Waals surface area contributed by atoms with E-state index in [1.54, 1.807) is 4.90 Å². The quantitative estimate of drug-likeness (QED) is 0.683. The molecule has 1 saturated heterocycles. The topological polar surface area (TPSA) is 69.6 Å². The van der Waals surface area contributed by atoms with Gasteiger partial charge in [-0.25, -0.2) is 0 Å². The minimum atomic E-state index is -0.0620. The molecule has 1 aliphatic heterocycles. The molecule has 8 heteroatoms. The number of halogens is 1. The number of aromatic nitrogens is 2. The molecule has 1 atom stereocenters. The third-order valence-electron chi connectivity index (χ3n) is 5.81. The predicted molar refractivity (Wildman–Crippen MR) is 123 cm³/mol. The molecule has 0 spiro atoms. The molecule has 1 aliphatic rings. The summed E-state index contributed by atoms with van der Waals surface area (Å²) in [6.45, 7) is 8.40. The monoisotopic (exact) mass is 443 g/mol. The van der Waals surface area contributed by atoms with Crippen LogP contribution >= 0.6 is 11.6 Å². The lowest BCUT2D eigenvalue weighted by Gasteiger charge is -2.30. The molecule has 7 nitrogen and oxygen atoms in total. The summed E-state index contributed by atoms with van der Waals surface area (Å²) in [7, 11) is 0. The van der Waals surface area contributed by atoms with Gasteiger partial charge in [-0.2, -0.15) is 0 Å². The van der Waals surface area contributed by atoms with E-state index in [4.69, 9.17) is 11.6 Å². The average molecular weight is 444 g/mol. The Morgan fingerprint density at radius 3 is 2.52 bits per heavy atom.